The van der Waals surface area contributed by atoms with Crippen molar-refractivity contribution in [2.75, 3.05) is 18.5 Å². The Kier molecular flexibility index (Phi) is 4.32. The Morgan fingerprint density at radius 1 is 1.14 bits per heavy atom. The van der Waals surface area contributed by atoms with Crippen molar-refractivity contribution in [3.8, 4) is 0 Å². The van der Waals surface area contributed by atoms with E-state index in [4.69, 9.17) is 0 Å². The molecule has 110 valence electrons. The van der Waals surface area contributed by atoms with Gasteiger partial charge in [-0.25, -0.2) is 0 Å². The lowest BCUT2D eigenvalue weighted by Crippen LogP contribution is -2.26. The van der Waals surface area contributed by atoms with Crippen molar-refractivity contribution < 1.29 is 0 Å². The van der Waals surface area contributed by atoms with Crippen molar-refractivity contribution in [1.82, 2.24) is 5.32 Å². The highest BCUT2D eigenvalue weighted by Gasteiger charge is 2.21. The van der Waals surface area contributed by atoms with E-state index in [0.717, 1.165) is 11.0 Å². The lowest BCUT2D eigenvalue weighted by atomic mass is 9.98. The number of nitrogens with one attached hydrogen (secondary N) is 1. The molecule has 0 amide bonds. The van der Waals surface area contributed by atoms with E-state index in [1.54, 1.807) is 0 Å². The van der Waals surface area contributed by atoms with Crippen LogP contribution in [0.2, 0.25) is 0 Å². The Bertz CT molecular complexity index is 639. The van der Waals surface area contributed by atoms with E-state index in [9.17, 15) is 0 Å². The number of anilines is 2. The molecular weight excluding hydrogens is 324 g/mol. The molecule has 1 atom stereocenters. The molecule has 21 heavy (non-hydrogen) atoms. The highest BCUT2D eigenvalue weighted by Crippen LogP contribution is 2.38. The van der Waals surface area contributed by atoms with Crippen molar-refractivity contribution >= 4 is 27.3 Å². The van der Waals surface area contributed by atoms with Gasteiger partial charge in [0.05, 0.1) is 0 Å². The summed E-state index contributed by atoms with van der Waals surface area (Å²) < 4.78 is 1.13. The van der Waals surface area contributed by atoms with Gasteiger partial charge in [-0.3, -0.25) is 0 Å². The molecule has 1 N–H and O–H groups in total. The Morgan fingerprint density at radius 2 is 1.95 bits per heavy atom. The maximum atomic E-state index is 3.60. The number of hydrogen-bond acceptors (Lipinski definition) is 2. The second kappa shape index (κ2) is 6.20. The summed E-state index contributed by atoms with van der Waals surface area (Å²) >= 11 is 3.60. The SMILES string of the molecule is CNC(C)c1cc(Br)ccc1N1CCCc2ccccc21. The fourth-order valence-electron chi connectivity index (χ4n) is 3.06. The number of hydrogen-bond donors (Lipinski definition) is 1. The predicted molar refractivity (Wildman–Crippen MR) is 93.4 cm³/mol. The summed E-state index contributed by atoms with van der Waals surface area (Å²) in [5.74, 6) is 0. The number of para-hydroxylation sites is 1. The second-order valence-electron chi connectivity index (χ2n) is 5.60. The van der Waals surface area contributed by atoms with E-state index >= 15 is 0 Å². The number of nitrogens with zero attached hydrogens (tertiary/aromatic N) is 1. The molecule has 0 radical (unpaired) electrons. The van der Waals surface area contributed by atoms with Crippen LogP contribution in [0, 0.1) is 0 Å². The van der Waals surface area contributed by atoms with Crippen LogP contribution in [-0.4, -0.2) is 13.6 Å². The molecule has 1 unspecified atom stereocenters. The monoisotopic (exact) mass is 344 g/mol. The zero-order valence-electron chi connectivity index (χ0n) is 12.6. The smallest absolute Gasteiger partial charge is 0.0459 e. The largest absolute Gasteiger partial charge is 0.341 e. The fraction of sp³-hybridized carbons (Fsp3) is 0.333. The maximum absolute atomic E-state index is 3.60. The Morgan fingerprint density at radius 3 is 2.76 bits per heavy atom. The van der Waals surface area contributed by atoms with E-state index in [2.05, 4.69) is 75.5 Å². The summed E-state index contributed by atoms with van der Waals surface area (Å²) in [6.07, 6.45) is 2.39. The third-order valence-electron chi connectivity index (χ3n) is 4.29. The van der Waals surface area contributed by atoms with E-state index in [0.29, 0.717) is 6.04 Å². The van der Waals surface area contributed by atoms with Crippen LogP contribution in [0.25, 0.3) is 0 Å². The minimum atomic E-state index is 0.326. The van der Waals surface area contributed by atoms with Crippen molar-refractivity contribution in [3.63, 3.8) is 0 Å². The first-order valence-electron chi connectivity index (χ1n) is 7.53. The molecule has 0 saturated heterocycles. The molecule has 0 fully saturated rings. The van der Waals surface area contributed by atoms with Crippen LogP contribution in [0.3, 0.4) is 0 Å². The molecule has 2 nitrogen and oxygen atoms in total. The van der Waals surface area contributed by atoms with Crippen LogP contribution in [0.1, 0.15) is 30.5 Å². The van der Waals surface area contributed by atoms with Gasteiger partial charge in [-0.05, 0) is 62.2 Å². The van der Waals surface area contributed by atoms with Gasteiger partial charge < -0.3 is 10.2 Å². The first-order chi connectivity index (χ1) is 10.2. The van der Waals surface area contributed by atoms with Gasteiger partial charge in [-0.2, -0.15) is 0 Å². The summed E-state index contributed by atoms with van der Waals surface area (Å²) in [4.78, 5) is 2.47. The van der Waals surface area contributed by atoms with Crippen LogP contribution < -0.4 is 10.2 Å². The highest BCUT2D eigenvalue weighted by atomic mass is 79.9. The topological polar surface area (TPSA) is 15.3 Å². The first-order valence-corrected chi connectivity index (χ1v) is 8.32. The van der Waals surface area contributed by atoms with Crippen LogP contribution >= 0.6 is 15.9 Å². The summed E-state index contributed by atoms with van der Waals surface area (Å²) in [6, 6.07) is 15.7. The van der Waals surface area contributed by atoms with Crippen LogP contribution in [0.4, 0.5) is 11.4 Å². The van der Waals surface area contributed by atoms with Gasteiger partial charge in [0.25, 0.3) is 0 Å². The van der Waals surface area contributed by atoms with Gasteiger partial charge in [-0.15, -0.1) is 0 Å². The standard InChI is InChI=1S/C18H21BrN2/c1-13(20-2)16-12-15(19)9-10-18(16)21-11-5-7-14-6-3-4-8-17(14)21/h3-4,6,8-10,12-13,20H,5,7,11H2,1-2H3. The maximum Gasteiger partial charge on any atom is 0.0459 e. The van der Waals surface area contributed by atoms with Gasteiger partial charge in [0.15, 0.2) is 0 Å². The summed E-state index contributed by atoms with van der Waals surface area (Å²) in [5, 5.41) is 3.36. The minimum Gasteiger partial charge on any atom is -0.341 e. The molecule has 1 aliphatic heterocycles. The van der Waals surface area contributed by atoms with E-state index in [1.165, 1.54) is 35.3 Å². The molecule has 2 aromatic rings. The average Bonchev–Trinajstić information content (AvgIpc) is 2.53. The van der Waals surface area contributed by atoms with Crippen LogP contribution in [0.5, 0.6) is 0 Å². The summed E-state index contributed by atoms with van der Waals surface area (Å²) in [5.41, 5.74) is 5.46. The van der Waals surface area contributed by atoms with Gasteiger partial charge in [0.1, 0.15) is 0 Å². The predicted octanol–water partition coefficient (Wildman–Crippen LogP) is 4.81. The lowest BCUT2D eigenvalue weighted by molar-refractivity contribution is 0.648. The number of fused-ring (bicyclic) bond motifs is 1. The molecule has 1 heterocycles. The normalized spacial score (nSPS) is 15.7. The molecular formula is C18H21BrN2. The summed E-state index contributed by atoms with van der Waals surface area (Å²) in [7, 11) is 2.01. The van der Waals surface area contributed by atoms with Gasteiger partial charge in [-0.1, -0.05) is 34.1 Å². The van der Waals surface area contributed by atoms with Crippen LogP contribution in [0.15, 0.2) is 46.9 Å². The molecule has 3 heteroatoms. The first kappa shape index (κ1) is 14.6. The van der Waals surface area contributed by atoms with Gasteiger partial charge in [0.2, 0.25) is 0 Å². The minimum absolute atomic E-state index is 0.326. The van der Waals surface area contributed by atoms with Crippen molar-refractivity contribution in [1.29, 1.82) is 0 Å². The second-order valence-corrected chi connectivity index (χ2v) is 6.51. The summed E-state index contributed by atoms with van der Waals surface area (Å²) in [6.45, 7) is 3.29. The molecule has 2 aromatic carbocycles. The molecule has 0 spiro atoms. The number of halogens is 1. The fourth-order valence-corrected chi connectivity index (χ4v) is 3.44. The van der Waals surface area contributed by atoms with Crippen molar-refractivity contribution in [2.24, 2.45) is 0 Å². The number of rotatable bonds is 3. The van der Waals surface area contributed by atoms with E-state index < -0.39 is 0 Å². The molecule has 0 aliphatic carbocycles. The third-order valence-corrected chi connectivity index (χ3v) is 4.78. The third kappa shape index (κ3) is 2.85. The molecule has 0 saturated carbocycles. The zero-order chi connectivity index (χ0) is 14.8. The zero-order valence-corrected chi connectivity index (χ0v) is 14.2. The molecule has 0 aromatic heterocycles. The quantitative estimate of drug-likeness (QED) is 0.858. The molecule has 0 bridgehead atoms. The Balaban J connectivity index is 2.09. The van der Waals surface area contributed by atoms with Crippen LogP contribution in [-0.2, 0) is 6.42 Å². The van der Waals surface area contributed by atoms with E-state index in [-0.39, 0.29) is 0 Å². The van der Waals surface area contributed by atoms with Gasteiger partial charge >= 0.3 is 0 Å². The van der Waals surface area contributed by atoms with Gasteiger partial charge in [0, 0.05) is 28.4 Å². The molecule has 1 aliphatic rings. The average molecular weight is 345 g/mol. The lowest BCUT2D eigenvalue weighted by Gasteiger charge is -2.34. The Hall–Kier alpha value is -1.32. The van der Waals surface area contributed by atoms with Crippen molar-refractivity contribution in [3.05, 3.63) is 58.1 Å². The number of aryl methyl sites for hydroxylation is 1. The highest BCUT2D eigenvalue weighted by molar-refractivity contribution is 9.10. The van der Waals surface area contributed by atoms with Crippen molar-refractivity contribution in [2.45, 2.75) is 25.8 Å². The van der Waals surface area contributed by atoms with E-state index in [1.807, 2.05) is 7.05 Å². The number of benzene rings is 2. The molecule has 3 rings (SSSR count). The Labute approximate surface area is 135 Å².